The second kappa shape index (κ2) is 9.64. The van der Waals surface area contributed by atoms with Crippen molar-refractivity contribution in [1.29, 1.82) is 0 Å². The zero-order valence-corrected chi connectivity index (χ0v) is 18.6. The summed E-state index contributed by atoms with van der Waals surface area (Å²) in [4.78, 5) is 15.3. The van der Waals surface area contributed by atoms with E-state index in [2.05, 4.69) is 5.32 Å². The lowest BCUT2D eigenvalue weighted by Crippen LogP contribution is -2.43. The molecule has 0 fully saturated rings. The Morgan fingerprint density at radius 2 is 1.69 bits per heavy atom. The van der Waals surface area contributed by atoms with Gasteiger partial charge in [0.05, 0.1) is 26.9 Å². The number of nitrogens with zero attached hydrogens (tertiary/aromatic N) is 1. The van der Waals surface area contributed by atoms with Crippen LogP contribution in [0.4, 0.5) is 10.5 Å². The maximum atomic E-state index is 13.4. The van der Waals surface area contributed by atoms with Gasteiger partial charge in [0.1, 0.15) is 5.75 Å². The number of anilines is 1. The summed E-state index contributed by atoms with van der Waals surface area (Å²) in [6.45, 7) is 3.13. The molecule has 3 aromatic rings. The SMILES string of the molecule is CCOc1ccc(NC(=O)N2CCc3cc(OC)c(OC)cc3[C@H]2c2ccccc2)cc1. The Morgan fingerprint density at radius 1 is 1.00 bits per heavy atom. The fourth-order valence-electron chi connectivity index (χ4n) is 4.16. The van der Waals surface area contributed by atoms with E-state index in [0.29, 0.717) is 24.7 Å². The van der Waals surface area contributed by atoms with E-state index in [9.17, 15) is 4.79 Å². The van der Waals surface area contributed by atoms with E-state index in [1.807, 2.05) is 78.6 Å². The summed E-state index contributed by atoms with van der Waals surface area (Å²) in [5.41, 5.74) is 3.97. The molecule has 1 atom stereocenters. The average Bonchev–Trinajstić information content (AvgIpc) is 2.84. The molecule has 6 heteroatoms. The normalized spacial score (nSPS) is 15.0. The number of carbonyl (C=O) groups is 1. The number of rotatable bonds is 6. The summed E-state index contributed by atoms with van der Waals surface area (Å²) in [6.07, 6.45) is 0.732. The molecule has 0 saturated carbocycles. The lowest BCUT2D eigenvalue weighted by Gasteiger charge is -2.38. The van der Waals surface area contributed by atoms with Crippen LogP contribution in [0.15, 0.2) is 66.7 Å². The van der Waals surface area contributed by atoms with Crippen LogP contribution < -0.4 is 19.5 Å². The third-order valence-corrected chi connectivity index (χ3v) is 5.67. The molecule has 0 radical (unpaired) electrons. The molecule has 4 rings (SSSR count). The molecule has 1 N–H and O–H groups in total. The van der Waals surface area contributed by atoms with Crippen LogP contribution in [0.1, 0.15) is 29.7 Å². The molecule has 1 aliphatic heterocycles. The highest BCUT2D eigenvalue weighted by atomic mass is 16.5. The van der Waals surface area contributed by atoms with Gasteiger partial charge < -0.3 is 24.4 Å². The van der Waals surface area contributed by atoms with Crippen molar-refractivity contribution in [3.8, 4) is 17.2 Å². The number of ether oxygens (including phenoxy) is 3. The largest absolute Gasteiger partial charge is 0.494 e. The third kappa shape index (κ3) is 4.35. The second-order valence-electron chi connectivity index (χ2n) is 7.55. The zero-order chi connectivity index (χ0) is 22.5. The van der Waals surface area contributed by atoms with E-state index < -0.39 is 0 Å². The summed E-state index contributed by atoms with van der Waals surface area (Å²) in [7, 11) is 3.26. The summed E-state index contributed by atoms with van der Waals surface area (Å²) in [6, 6.07) is 21.1. The van der Waals surface area contributed by atoms with Crippen LogP contribution in [0.25, 0.3) is 0 Å². The number of nitrogens with one attached hydrogen (secondary N) is 1. The molecule has 1 heterocycles. The fraction of sp³-hybridized carbons (Fsp3) is 0.269. The van der Waals surface area contributed by atoms with Gasteiger partial charge in [-0.1, -0.05) is 30.3 Å². The van der Waals surface area contributed by atoms with Gasteiger partial charge in [-0.3, -0.25) is 0 Å². The molecule has 2 amide bonds. The van der Waals surface area contributed by atoms with Crippen molar-refractivity contribution < 1.29 is 19.0 Å². The monoisotopic (exact) mass is 432 g/mol. The summed E-state index contributed by atoms with van der Waals surface area (Å²) < 4.78 is 16.5. The van der Waals surface area contributed by atoms with E-state index in [1.165, 1.54) is 0 Å². The van der Waals surface area contributed by atoms with Crippen LogP contribution in [0.3, 0.4) is 0 Å². The first-order valence-electron chi connectivity index (χ1n) is 10.7. The van der Waals surface area contributed by atoms with Gasteiger partial charge in [0.2, 0.25) is 0 Å². The van der Waals surface area contributed by atoms with Gasteiger partial charge in [-0.25, -0.2) is 4.79 Å². The van der Waals surface area contributed by atoms with Gasteiger partial charge in [-0.15, -0.1) is 0 Å². The molecule has 32 heavy (non-hydrogen) atoms. The Morgan fingerprint density at radius 3 is 2.34 bits per heavy atom. The third-order valence-electron chi connectivity index (χ3n) is 5.67. The Bertz CT molecular complexity index is 1070. The smallest absolute Gasteiger partial charge is 0.322 e. The van der Waals surface area contributed by atoms with Crippen molar-refractivity contribution in [2.75, 3.05) is 32.7 Å². The van der Waals surface area contributed by atoms with Crippen molar-refractivity contribution >= 4 is 11.7 Å². The van der Waals surface area contributed by atoms with Gasteiger partial charge in [0.25, 0.3) is 0 Å². The van der Waals surface area contributed by atoms with Crippen molar-refractivity contribution in [3.63, 3.8) is 0 Å². The first kappa shape index (κ1) is 21.6. The van der Waals surface area contributed by atoms with Crippen LogP contribution in [0.5, 0.6) is 17.2 Å². The maximum absolute atomic E-state index is 13.4. The quantitative estimate of drug-likeness (QED) is 0.576. The average molecular weight is 433 g/mol. The number of amides is 2. The Hall–Kier alpha value is -3.67. The molecule has 0 spiro atoms. The van der Waals surface area contributed by atoms with E-state index in [1.54, 1.807) is 14.2 Å². The van der Waals surface area contributed by atoms with Gasteiger partial charge in [-0.2, -0.15) is 0 Å². The first-order chi connectivity index (χ1) is 15.6. The molecule has 0 aromatic heterocycles. The first-order valence-corrected chi connectivity index (χ1v) is 10.7. The van der Waals surface area contributed by atoms with Gasteiger partial charge >= 0.3 is 6.03 Å². The predicted molar refractivity (Wildman–Crippen MR) is 125 cm³/mol. The minimum atomic E-state index is -0.234. The van der Waals surface area contributed by atoms with Crippen LogP contribution in [-0.2, 0) is 6.42 Å². The lowest BCUT2D eigenvalue weighted by molar-refractivity contribution is 0.193. The molecule has 0 unspecified atom stereocenters. The molecular weight excluding hydrogens is 404 g/mol. The highest BCUT2D eigenvalue weighted by molar-refractivity contribution is 5.90. The number of benzene rings is 3. The Labute approximate surface area is 188 Å². The molecule has 1 aliphatic rings. The maximum Gasteiger partial charge on any atom is 0.322 e. The zero-order valence-electron chi connectivity index (χ0n) is 18.6. The molecule has 6 nitrogen and oxygen atoms in total. The van der Waals surface area contributed by atoms with Crippen molar-refractivity contribution in [2.24, 2.45) is 0 Å². The fourth-order valence-corrected chi connectivity index (χ4v) is 4.16. The molecule has 3 aromatic carbocycles. The van der Waals surface area contributed by atoms with Gasteiger partial charge in [0, 0.05) is 12.2 Å². The molecule has 0 aliphatic carbocycles. The predicted octanol–water partition coefficient (Wildman–Crippen LogP) is 5.28. The van der Waals surface area contributed by atoms with Crippen LogP contribution in [0, 0.1) is 0 Å². The molecule has 166 valence electrons. The summed E-state index contributed by atoms with van der Waals surface area (Å²) in [5, 5.41) is 3.04. The standard InChI is InChI=1S/C26H28N2O4/c1-4-32-21-12-10-20(11-13-21)27-26(29)28-15-14-19-16-23(30-2)24(31-3)17-22(19)25(28)18-8-6-5-7-9-18/h5-13,16-17,25H,4,14-15H2,1-3H3,(H,27,29)/t25-/m1/s1. The van der Waals surface area contributed by atoms with Crippen molar-refractivity contribution in [2.45, 2.75) is 19.4 Å². The minimum Gasteiger partial charge on any atom is -0.494 e. The number of fused-ring (bicyclic) bond motifs is 1. The van der Waals surface area contributed by atoms with Crippen LogP contribution in [-0.4, -0.2) is 38.3 Å². The number of carbonyl (C=O) groups excluding carboxylic acids is 1. The van der Waals surface area contributed by atoms with Crippen molar-refractivity contribution in [3.05, 3.63) is 83.4 Å². The van der Waals surface area contributed by atoms with E-state index in [4.69, 9.17) is 14.2 Å². The summed E-state index contributed by atoms with van der Waals surface area (Å²) >= 11 is 0. The van der Waals surface area contributed by atoms with Gasteiger partial charge in [-0.05, 0) is 66.4 Å². The minimum absolute atomic E-state index is 0.150. The molecular formula is C26H28N2O4. The van der Waals surface area contributed by atoms with E-state index in [0.717, 1.165) is 34.5 Å². The molecule has 0 bridgehead atoms. The topological polar surface area (TPSA) is 60.0 Å². The lowest BCUT2D eigenvalue weighted by atomic mass is 9.88. The highest BCUT2D eigenvalue weighted by Crippen LogP contribution is 2.41. The number of hydrogen-bond acceptors (Lipinski definition) is 4. The number of hydrogen-bond donors (Lipinski definition) is 1. The molecule has 0 saturated heterocycles. The number of urea groups is 1. The van der Waals surface area contributed by atoms with E-state index >= 15 is 0 Å². The summed E-state index contributed by atoms with van der Waals surface area (Å²) in [5.74, 6) is 2.13. The Balaban J connectivity index is 1.68. The number of methoxy groups -OCH3 is 2. The second-order valence-corrected chi connectivity index (χ2v) is 7.55. The van der Waals surface area contributed by atoms with Crippen LogP contribution >= 0.6 is 0 Å². The van der Waals surface area contributed by atoms with E-state index in [-0.39, 0.29) is 12.1 Å². The van der Waals surface area contributed by atoms with Crippen molar-refractivity contribution in [1.82, 2.24) is 4.90 Å². The van der Waals surface area contributed by atoms with Gasteiger partial charge in [0.15, 0.2) is 11.5 Å². The Kier molecular flexibility index (Phi) is 6.50. The highest BCUT2D eigenvalue weighted by Gasteiger charge is 2.33. The van der Waals surface area contributed by atoms with Crippen LogP contribution in [0.2, 0.25) is 0 Å².